The molecular formula is C20H22N2O4. The first-order chi connectivity index (χ1) is 12.4. The average Bonchev–Trinajstić information content (AvgIpc) is 2.61. The van der Waals surface area contributed by atoms with Gasteiger partial charge in [-0.1, -0.05) is 29.8 Å². The molecular weight excluding hydrogens is 332 g/mol. The zero-order valence-corrected chi connectivity index (χ0v) is 15.1. The number of benzene rings is 2. The van der Waals surface area contributed by atoms with Crippen molar-refractivity contribution in [1.29, 1.82) is 0 Å². The normalized spacial score (nSPS) is 10.1. The molecule has 2 amide bonds. The largest absolute Gasteiger partial charge is 0.452 e. The van der Waals surface area contributed by atoms with Gasteiger partial charge < -0.3 is 15.4 Å². The van der Waals surface area contributed by atoms with Crippen LogP contribution in [0.15, 0.2) is 42.5 Å². The van der Waals surface area contributed by atoms with Crippen molar-refractivity contribution in [3.8, 4) is 0 Å². The van der Waals surface area contributed by atoms with Crippen molar-refractivity contribution in [2.75, 3.05) is 18.5 Å². The fourth-order valence-electron chi connectivity index (χ4n) is 2.30. The minimum absolute atomic E-state index is 0.200. The van der Waals surface area contributed by atoms with Gasteiger partial charge in [-0.25, -0.2) is 4.79 Å². The van der Waals surface area contributed by atoms with Crippen molar-refractivity contribution in [2.24, 2.45) is 0 Å². The first kappa shape index (κ1) is 19.2. The lowest BCUT2D eigenvalue weighted by molar-refractivity contribution is -0.126. The van der Waals surface area contributed by atoms with Crippen LogP contribution in [0.2, 0.25) is 0 Å². The molecule has 0 atom stereocenters. The highest BCUT2D eigenvalue weighted by Crippen LogP contribution is 2.17. The smallest absolute Gasteiger partial charge is 0.338 e. The maximum absolute atomic E-state index is 11.9. The summed E-state index contributed by atoms with van der Waals surface area (Å²) in [6, 6.07) is 12.5. The Morgan fingerprint density at radius 1 is 0.962 bits per heavy atom. The van der Waals surface area contributed by atoms with E-state index in [2.05, 4.69) is 10.6 Å². The first-order valence-corrected chi connectivity index (χ1v) is 8.23. The second kappa shape index (κ2) is 8.80. The van der Waals surface area contributed by atoms with Gasteiger partial charge in [0.1, 0.15) is 0 Å². The Hall–Kier alpha value is -3.15. The van der Waals surface area contributed by atoms with E-state index < -0.39 is 18.5 Å². The van der Waals surface area contributed by atoms with Gasteiger partial charge in [-0.2, -0.15) is 0 Å². The molecule has 0 saturated carbocycles. The van der Waals surface area contributed by atoms with Crippen molar-refractivity contribution in [3.05, 3.63) is 64.7 Å². The van der Waals surface area contributed by atoms with E-state index in [9.17, 15) is 14.4 Å². The van der Waals surface area contributed by atoms with Crippen molar-refractivity contribution in [1.82, 2.24) is 5.32 Å². The van der Waals surface area contributed by atoms with Gasteiger partial charge in [0.25, 0.3) is 5.91 Å². The molecule has 26 heavy (non-hydrogen) atoms. The van der Waals surface area contributed by atoms with E-state index in [4.69, 9.17) is 4.74 Å². The fourth-order valence-corrected chi connectivity index (χ4v) is 2.30. The number of nitrogens with one attached hydrogen (secondary N) is 2. The molecule has 0 radical (unpaired) electrons. The maximum Gasteiger partial charge on any atom is 0.338 e. The molecule has 2 aromatic rings. The van der Waals surface area contributed by atoms with E-state index in [1.54, 1.807) is 24.3 Å². The second-order valence-corrected chi connectivity index (χ2v) is 6.02. The number of ether oxygens (including phenoxy) is 1. The van der Waals surface area contributed by atoms with Crippen LogP contribution in [0.25, 0.3) is 0 Å². The van der Waals surface area contributed by atoms with E-state index in [1.165, 1.54) is 0 Å². The molecule has 0 unspecified atom stereocenters. The molecule has 0 heterocycles. The van der Waals surface area contributed by atoms with Crippen molar-refractivity contribution >= 4 is 23.5 Å². The molecule has 0 spiro atoms. The number of aryl methyl sites for hydroxylation is 2. The number of hydrogen-bond acceptors (Lipinski definition) is 4. The summed E-state index contributed by atoms with van der Waals surface area (Å²) >= 11 is 0. The topological polar surface area (TPSA) is 84.5 Å². The number of anilines is 1. The van der Waals surface area contributed by atoms with Gasteiger partial charge in [0, 0.05) is 5.69 Å². The Morgan fingerprint density at radius 2 is 1.69 bits per heavy atom. The molecule has 2 N–H and O–H groups in total. The van der Waals surface area contributed by atoms with Crippen molar-refractivity contribution in [3.63, 3.8) is 0 Å². The molecule has 0 bridgehead atoms. The minimum atomic E-state index is -0.580. The highest BCUT2D eigenvalue weighted by Gasteiger charge is 2.12. The Labute approximate surface area is 152 Å². The van der Waals surface area contributed by atoms with E-state index >= 15 is 0 Å². The number of rotatable bonds is 6. The molecule has 0 aromatic heterocycles. The third kappa shape index (κ3) is 5.44. The zero-order valence-electron chi connectivity index (χ0n) is 15.1. The Morgan fingerprint density at radius 3 is 2.42 bits per heavy atom. The number of amides is 2. The van der Waals surface area contributed by atoms with Gasteiger partial charge in [-0.15, -0.1) is 0 Å². The summed E-state index contributed by atoms with van der Waals surface area (Å²) in [5, 5.41) is 5.17. The lowest BCUT2D eigenvalue weighted by Gasteiger charge is -2.11. The van der Waals surface area contributed by atoms with Crippen LogP contribution >= 0.6 is 0 Å². The van der Waals surface area contributed by atoms with E-state index in [0.717, 1.165) is 16.7 Å². The van der Waals surface area contributed by atoms with Crippen molar-refractivity contribution < 1.29 is 19.1 Å². The molecule has 0 saturated heterocycles. The highest BCUT2D eigenvalue weighted by atomic mass is 16.5. The van der Waals surface area contributed by atoms with Crippen LogP contribution in [0.3, 0.4) is 0 Å². The van der Waals surface area contributed by atoms with E-state index in [0.29, 0.717) is 11.3 Å². The van der Waals surface area contributed by atoms with Crippen LogP contribution in [0.1, 0.15) is 27.0 Å². The van der Waals surface area contributed by atoms with Gasteiger partial charge in [0.2, 0.25) is 5.91 Å². The highest BCUT2D eigenvalue weighted by molar-refractivity contribution is 5.96. The third-order valence-electron chi connectivity index (χ3n) is 3.91. The maximum atomic E-state index is 11.9. The summed E-state index contributed by atoms with van der Waals surface area (Å²) in [5.74, 6) is -1.47. The molecule has 0 fully saturated rings. The minimum Gasteiger partial charge on any atom is -0.452 e. The number of esters is 1. The van der Waals surface area contributed by atoms with Gasteiger partial charge in [-0.05, 0) is 50.1 Å². The van der Waals surface area contributed by atoms with Crippen LogP contribution in [-0.2, 0) is 14.3 Å². The summed E-state index contributed by atoms with van der Waals surface area (Å²) in [6.45, 7) is 5.08. The third-order valence-corrected chi connectivity index (χ3v) is 3.91. The Kier molecular flexibility index (Phi) is 6.49. The standard InChI is InChI=1S/C20H22N2O4/c1-13-6-4-8-16(10-13)20(25)26-12-19(24)21-11-18(23)22-17-9-5-7-14(2)15(17)3/h4-10H,11-12H2,1-3H3,(H,21,24)(H,22,23). The van der Waals surface area contributed by atoms with E-state index in [1.807, 2.05) is 39.0 Å². The molecule has 2 aromatic carbocycles. The molecule has 2 rings (SSSR count). The van der Waals surface area contributed by atoms with Crippen molar-refractivity contribution in [2.45, 2.75) is 20.8 Å². The zero-order chi connectivity index (χ0) is 19.1. The van der Waals surface area contributed by atoms with E-state index in [-0.39, 0.29) is 12.5 Å². The summed E-state index contributed by atoms with van der Waals surface area (Å²) in [6.07, 6.45) is 0. The van der Waals surface area contributed by atoms with Gasteiger partial charge >= 0.3 is 5.97 Å². The summed E-state index contributed by atoms with van der Waals surface area (Å²) in [7, 11) is 0. The quantitative estimate of drug-likeness (QED) is 0.781. The average molecular weight is 354 g/mol. The molecule has 6 nitrogen and oxygen atoms in total. The lowest BCUT2D eigenvalue weighted by atomic mass is 10.1. The predicted molar refractivity (Wildman–Crippen MR) is 99.0 cm³/mol. The number of carbonyl (C=O) groups is 3. The van der Waals surface area contributed by atoms with Crippen LogP contribution < -0.4 is 10.6 Å². The molecule has 0 aliphatic heterocycles. The summed E-state index contributed by atoms with van der Waals surface area (Å²) < 4.78 is 4.95. The van der Waals surface area contributed by atoms with Crippen LogP contribution in [-0.4, -0.2) is 30.9 Å². The Bertz CT molecular complexity index is 830. The van der Waals surface area contributed by atoms with Crippen LogP contribution in [0.5, 0.6) is 0 Å². The van der Waals surface area contributed by atoms with Crippen LogP contribution in [0, 0.1) is 20.8 Å². The molecule has 0 aliphatic carbocycles. The van der Waals surface area contributed by atoms with Crippen LogP contribution in [0.4, 0.5) is 5.69 Å². The lowest BCUT2D eigenvalue weighted by Crippen LogP contribution is -2.35. The summed E-state index contributed by atoms with van der Waals surface area (Å²) in [4.78, 5) is 35.6. The van der Waals surface area contributed by atoms with Gasteiger partial charge in [0.05, 0.1) is 12.1 Å². The molecule has 0 aliphatic rings. The summed E-state index contributed by atoms with van der Waals surface area (Å²) in [5.41, 5.74) is 4.04. The number of carbonyl (C=O) groups excluding carboxylic acids is 3. The van der Waals surface area contributed by atoms with Gasteiger partial charge in [0.15, 0.2) is 6.61 Å². The second-order valence-electron chi connectivity index (χ2n) is 6.02. The predicted octanol–water partition coefficient (Wildman–Crippen LogP) is 2.52. The SMILES string of the molecule is Cc1cccc(C(=O)OCC(=O)NCC(=O)Nc2cccc(C)c2C)c1. The molecule has 6 heteroatoms. The monoisotopic (exact) mass is 354 g/mol. The first-order valence-electron chi connectivity index (χ1n) is 8.23. The fraction of sp³-hybridized carbons (Fsp3) is 0.250. The number of hydrogen-bond donors (Lipinski definition) is 2. The van der Waals surface area contributed by atoms with Gasteiger partial charge in [-0.3, -0.25) is 9.59 Å². The Balaban J connectivity index is 1.77. The molecule has 136 valence electrons.